The fraction of sp³-hybridized carbons (Fsp3) is 0.273. The molecule has 7 heteroatoms. The summed E-state index contributed by atoms with van der Waals surface area (Å²) in [5.74, 6) is -0.727. The van der Waals surface area contributed by atoms with Gasteiger partial charge in [0.15, 0.2) is 0 Å². The van der Waals surface area contributed by atoms with Gasteiger partial charge in [0.2, 0.25) is 5.91 Å². The van der Waals surface area contributed by atoms with E-state index < -0.39 is 10.8 Å². The molecular weight excluding hydrogens is 236 g/mol. The van der Waals surface area contributed by atoms with Crippen molar-refractivity contribution in [3.8, 4) is 6.07 Å². The van der Waals surface area contributed by atoms with Gasteiger partial charge in [-0.15, -0.1) is 0 Å². The molecule has 1 unspecified atom stereocenters. The Morgan fingerprint density at radius 1 is 1.67 bits per heavy atom. The predicted octanol–water partition coefficient (Wildman–Crippen LogP) is 1.000. The number of hydrogen-bond acceptors (Lipinski definition) is 5. The number of amides is 1. The fourth-order valence-corrected chi connectivity index (χ4v) is 1.21. The Kier molecular flexibility index (Phi) is 4.34. The summed E-state index contributed by atoms with van der Waals surface area (Å²) in [5.41, 5.74) is 5.44. The molecule has 0 aliphatic heterocycles. The number of non-ortho nitro benzene ring substituents is 1. The highest BCUT2D eigenvalue weighted by atomic mass is 16.6. The lowest BCUT2D eigenvalue weighted by molar-refractivity contribution is -0.384. The van der Waals surface area contributed by atoms with Crippen molar-refractivity contribution in [1.82, 2.24) is 0 Å². The maximum absolute atomic E-state index is 11.6. The Morgan fingerprint density at radius 3 is 2.83 bits per heavy atom. The smallest absolute Gasteiger partial charge is 0.270 e. The number of hydrogen-bond donors (Lipinski definition) is 2. The molecule has 0 heterocycles. The molecule has 94 valence electrons. The number of carbonyl (C=O) groups is 1. The van der Waals surface area contributed by atoms with Crippen LogP contribution in [0.1, 0.15) is 12.5 Å². The van der Waals surface area contributed by atoms with Gasteiger partial charge < -0.3 is 11.1 Å². The van der Waals surface area contributed by atoms with Gasteiger partial charge in [0.25, 0.3) is 5.69 Å². The first-order valence-electron chi connectivity index (χ1n) is 5.19. The Labute approximate surface area is 103 Å². The van der Waals surface area contributed by atoms with Gasteiger partial charge in [0.1, 0.15) is 6.07 Å². The van der Waals surface area contributed by atoms with Gasteiger partial charge in [-0.3, -0.25) is 14.9 Å². The highest BCUT2D eigenvalue weighted by molar-refractivity contribution is 5.93. The minimum Gasteiger partial charge on any atom is -0.330 e. The number of carbonyl (C=O) groups excluding carboxylic acids is 1. The molecule has 0 aromatic heterocycles. The summed E-state index contributed by atoms with van der Waals surface area (Å²) in [4.78, 5) is 21.5. The van der Waals surface area contributed by atoms with E-state index in [4.69, 9.17) is 11.0 Å². The summed E-state index contributed by atoms with van der Waals surface area (Å²) < 4.78 is 0. The zero-order valence-electron chi connectivity index (χ0n) is 9.71. The Morgan fingerprint density at radius 2 is 2.33 bits per heavy atom. The van der Waals surface area contributed by atoms with Gasteiger partial charge in [-0.2, -0.15) is 5.26 Å². The van der Waals surface area contributed by atoms with E-state index in [-0.39, 0.29) is 29.4 Å². The average Bonchev–Trinajstić information content (AvgIpc) is 2.37. The summed E-state index contributed by atoms with van der Waals surface area (Å²) in [6.45, 7) is 1.83. The Hall–Kier alpha value is -2.46. The van der Waals surface area contributed by atoms with Gasteiger partial charge in [-0.05, 0) is 6.07 Å². The van der Waals surface area contributed by atoms with Crippen molar-refractivity contribution < 1.29 is 9.72 Å². The topological polar surface area (TPSA) is 122 Å². The summed E-state index contributed by atoms with van der Waals surface area (Å²) >= 11 is 0. The molecule has 1 aromatic rings. The molecule has 1 atom stereocenters. The first kappa shape index (κ1) is 13.6. The normalized spacial score (nSPS) is 11.4. The van der Waals surface area contributed by atoms with Gasteiger partial charge in [0, 0.05) is 24.6 Å². The lowest BCUT2D eigenvalue weighted by Gasteiger charge is -2.10. The number of nitro benzene ring substituents is 1. The lowest BCUT2D eigenvalue weighted by Crippen LogP contribution is -2.27. The minimum absolute atomic E-state index is 0.0433. The molecule has 18 heavy (non-hydrogen) atoms. The number of nitrogens with two attached hydrogens (primary N) is 1. The van der Waals surface area contributed by atoms with Crippen molar-refractivity contribution in [2.45, 2.75) is 6.92 Å². The molecule has 1 aromatic carbocycles. The number of rotatable bonds is 4. The third-order valence-electron chi connectivity index (χ3n) is 2.39. The summed E-state index contributed by atoms with van der Waals surface area (Å²) in [6.07, 6.45) is 0. The second-order valence-electron chi connectivity index (χ2n) is 3.72. The summed E-state index contributed by atoms with van der Waals surface area (Å²) in [5, 5.41) is 21.9. The number of nitro groups is 1. The van der Waals surface area contributed by atoms with E-state index in [1.54, 1.807) is 13.0 Å². The highest BCUT2D eigenvalue weighted by Gasteiger charge is 2.15. The number of benzene rings is 1. The van der Waals surface area contributed by atoms with Gasteiger partial charge in [-0.1, -0.05) is 6.92 Å². The van der Waals surface area contributed by atoms with Crippen LogP contribution in [0.4, 0.5) is 11.4 Å². The second-order valence-corrected chi connectivity index (χ2v) is 3.72. The fourth-order valence-electron chi connectivity index (χ4n) is 1.21. The van der Waals surface area contributed by atoms with Crippen LogP contribution in [0.25, 0.3) is 0 Å². The molecule has 0 aliphatic carbocycles. The largest absolute Gasteiger partial charge is 0.330 e. The van der Waals surface area contributed by atoms with Crippen molar-refractivity contribution in [2.24, 2.45) is 11.7 Å². The van der Waals surface area contributed by atoms with Crippen LogP contribution in [-0.2, 0) is 4.79 Å². The standard InChI is InChI=1S/C11H12N4O3/c1-7(5-12)11(16)14-10-3-2-9(15(17)18)4-8(10)6-13/h2-4,7H,5,12H2,1H3,(H,14,16). The maximum atomic E-state index is 11.6. The molecule has 1 rings (SSSR count). The molecule has 0 fully saturated rings. The number of nitrogens with one attached hydrogen (secondary N) is 1. The second kappa shape index (κ2) is 5.75. The first-order valence-corrected chi connectivity index (χ1v) is 5.19. The van der Waals surface area contributed by atoms with Crippen molar-refractivity contribution >= 4 is 17.3 Å². The number of nitriles is 1. The van der Waals surface area contributed by atoms with Crippen LogP contribution in [0.5, 0.6) is 0 Å². The van der Waals surface area contributed by atoms with Crippen LogP contribution in [-0.4, -0.2) is 17.4 Å². The lowest BCUT2D eigenvalue weighted by atomic mass is 10.1. The average molecular weight is 248 g/mol. The van der Waals surface area contributed by atoms with Crippen molar-refractivity contribution in [1.29, 1.82) is 5.26 Å². The van der Waals surface area contributed by atoms with Crippen LogP contribution in [0, 0.1) is 27.4 Å². The zero-order valence-corrected chi connectivity index (χ0v) is 9.71. The van der Waals surface area contributed by atoms with Crippen LogP contribution in [0.15, 0.2) is 18.2 Å². The van der Waals surface area contributed by atoms with E-state index in [2.05, 4.69) is 5.32 Å². The molecule has 1 amide bonds. The van der Waals surface area contributed by atoms with Gasteiger partial charge in [-0.25, -0.2) is 0 Å². The molecule has 0 radical (unpaired) electrons. The van der Waals surface area contributed by atoms with Crippen LogP contribution in [0.3, 0.4) is 0 Å². The molecule has 7 nitrogen and oxygen atoms in total. The summed E-state index contributed by atoms with van der Waals surface area (Å²) in [7, 11) is 0. The van der Waals surface area contributed by atoms with E-state index in [0.717, 1.165) is 6.07 Å². The van der Waals surface area contributed by atoms with Crippen molar-refractivity contribution in [3.05, 3.63) is 33.9 Å². The Bertz CT molecular complexity index is 522. The minimum atomic E-state index is -0.602. The third kappa shape index (κ3) is 3.02. The van der Waals surface area contributed by atoms with E-state index in [0.29, 0.717) is 0 Å². The Balaban J connectivity index is 3.01. The summed E-state index contributed by atoms with van der Waals surface area (Å²) in [6, 6.07) is 5.47. The zero-order chi connectivity index (χ0) is 13.7. The van der Waals surface area contributed by atoms with Crippen molar-refractivity contribution in [2.75, 3.05) is 11.9 Å². The van der Waals surface area contributed by atoms with E-state index in [9.17, 15) is 14.9 Å². The third-order valence-corrected chi connectivity index (χ3v) is 2.39. The molecular formula is C11H12N4O3. The quantitative estimate of drug-likeness (QED) is 0.607. The molecule has 3 N–H and O–H groups in total. The predicted molar refractivity (Wildman–Crippen MR) is 64.7 cm³/mol. The molecule has 0 saturated carbocycles. The molecule has 0 bridgehead atoms. The van der Waals surface area contributed by atoms with Gasteiger partial charge in [0.05, 0.1) is 16.2 Å². The van der Waals surface area contributed by atoms with Crippen LogP contribution >= 0.6 is 0 Å². The van der Waals surface area contributed by atoms with Gasteiger partial charge >= 0.3 is 0 Å². The highest BCUT2D eigenvalue weighted by Crippen LogP contribution is 2.21. The molecule has 0 aliphatic rings. The van der Waals surface area contributed by atoms with E-state index >= 15 is 0 Å². The number of nitrogens with zero attached hydrogens (tertiary/aromatic N) is 2. The van der Waals surface area contributed by atoms with Crippen LogP contribution < -0.4 is 11.1 Å². The molecule has 0 spiro atoms. The maximum Gasteiger partial charge on any atom is 0.270 e. The van der Waals surface area contributed by atoms with Crippen LogP contribution in [0.2, 0.25) is 0 Å². The molecule has 0 saturated heterocycles. The first-order chi connectivity index (χ1) is 8.49. The van der Waals surface area contributed by atoms with Crippen molar-refractivity contribution in [3.63, 3.8) is 0 Å². The monoisotopic (exact) mass is 248 g/mol. The number of anilines is 1. The van der Waals surface area contributed by atoms with E-state index in [1.165, 1.54) is 12.1 Å². The SMILES string of the molecule is CC(CN)C(=O)Nc1ccc([N+](=O)[O-])cc1C#N. The van der Waals surface area contributed by atoms with E-state index in [1.807, 2.05) is 0 Å².